The summed E-state index contributed by atoms with van der Waals surface area (Å²) in [6, 6.07) is -0.616. The first-order valence-electron chi connectivity index (χ1n) is 7.24. The minimum Gasteiger partial charge on any atom is -0.479 e. The van der Waals surface area contributed by atoms with Gasteiger partial charge in [-0.05, 0) is 12.8 Å². The minimum absolute atomic E-state index is 0.178. The lowest BCUT2D eigenvalue weighted by Crippen LogP contribution is -2.51. The van der Waals surface area contributed by atoms with Gasteiger partial charge >= 0.3 is 5.97 Å². The van der Waals surface area contributed by atoms with Gasteiger partial charge in [-0.3, -0.25) is 9.48 Å². The van der Waals surface area contributed by atoms with Crippen LogP contribution in [-0.4, -0.2) is 50.9 Å². The number of morpholine rings is 1. The minimum atomic E-state index is -1.06. The standard InChI is InChI=1S/C14H21N3O4/c1-3-5-16-8-10(7-15-16)12-13(14(19)20)21-9-11(18)17(12)6-4-2/h7-8,12-13H,3-6,9H2,1-2H3,(H,19,20). The number of carboxylic acids is 1. The zero-order valence-electron chi connectivity index (χ0n) is 12.4. The number of aliphatic carboxylic acids is 1. The first kappa shape index (κ1) is 15.5. The first-order chi connectivity index (χ1) is 10.1. The molecule has 0 aliphatic carbocycles. The van der Waals surface area contributed by atoms with Crippen molar-refractivity contribution in [1.82, 2.24) is 14.7 Å². The topological polar surface area (TPSA) is 84.7 Å². The van der Waals surface area contributed by atoms with Crippen molar-refractivity contribution >= 4 is 11.9 Å². The molecule has 21 heavy (non-hydrogen) atoms. The molecule has 2 unspecified atom stereocenters. The molecule has 2 heterocycles. The number of aryl methyl sites for hydroxylation is 1. The van der Waals surface area contributed by atoms with E-state index in [9.17, 15) is 14.7 Å². The van der Waals surface area contributed by atoms with E-state index < -0.39 is 18.1 Å². The molecule has 1 aromatic heterocycles. The van der Waals surface area contributed by atoms with Crippen LogP contribution in [0.15, 0.2) is 12.4 Å². The smallest absolute Gasteiger partial charge is 0.335 e. The van der Waals surface area contributed by atoms with Gasteiger partial charge in [0.25, 0.3) is 0 Å². The van der Waals surface area contributed by atoms with Crippen LogP contribution in [-0.2, 0) is 20.9 Å². The Balaban J connectivity index is 2.33. The van der Waals surface area contributed by atoms with E-state index in [0.29, 0.717) is 12.1 Å². The van der Waals surface area contributed by atoms with Crippen LogP contribution >= 0.6 is 0 Å². The van der Waals surface area contributed by atoms with E-state index >= 15 is 0 Å². The normalized spacial score (nSPS) is 22.6. The molecule has 7 nitrogen and oxygen atoms in total. The zero-order chi connectivity index (χ0) is 15.4. The van der Waals surface area contributed by atoms with Gasteiger partial charge in [0.2, 0.25) is 5.91 Å². The van der Waals surface area contributed by atoms with Crippen LogP contribution in [0.4, 0.5) is 0 Å². The maximum absolute atomic E-state index is 12.0. The molecule has 1 aromatic rings. The summed E-state index contributed by atoms with van der Waals surface area (Å²) in [6.45, 7) is 5.08. The van der Waals surface area contributed by atoms with Gasteiger partial charge in [-0.1, -0.05) is 13.8 Å². The van der Waals surface area contributed by atoms with E-state index in [1.165, 1.54) is 0 Å². The molecule has 1 N–H and O–H groups in total. The van der Waals surface area contributed by atoms with Crippen molar-refractivity contribution < 1.29 is 19.4 Å². The van der Waals surface area contributed by atoms with Crippen molar-refractivity contribution in [3.63, 3.8) is 0 Å². The zero-order valence-corrected chi connectivity index (χ0v) is 12.4. The fourth-order valence-corrected chi connectivity index (χ4v) is 2.60. The average Bonchev–Trinajstić information content (AvgIpc) is 2.89. The molecule has 0 bridgehead atoms. The van der Waals surface area contributed by atoms with Crippen molar-refractivity contribution in [3.8, 4) is 0 Å². The largest absolute Gasteiger partial charge is 0.479 e. The summed E-state index contributed by atoms with van der Waals surface area (Å²) in [4.78, 5) is 25.1. The van der Waals surface area contributed by atoms with Gasteiger partial charge in [0.15, 0.2) is 6.10 Å². The Hall–Kier alpha value is -1.89. The molecular formula is C14H21N3O4. The number of hydrogen-bond acceptors (Lipinski definition) is 4. The number of carboxylic acid groups (broad SMARTS) is 1. The summed E-state index contributed by atoms with van der Waals surface area (Å²) in [5, 5.41) is 13.6. The summed E-state index contributed by atoms with van der Waals surface area (Å²) in [7, 11) is 0. The molecule has 116 valence electrons. The van der Waals surface area contributed by atoms with Crippen molar-refractivity contribution in [2.75, 3.05) is 13.2 Å². The third-order valence-electron chi connectivity index (χ3n) is 3.48. The molecule has 7 heteroatoms. The quantitative estimate of drug-likeness (QED) is 0.848. The number of rotatable bonds is 6. The maximum Gasteiger partial charge on any atom is 0.335 e. The van der Waals surface area contributed by atoms with Crippen molar-refractivity contribution in [1.29, 1.82) is 0 Å². The Bertz CT molecular complexity index is 514. The summed E-state index contributed by atoms with van der Waals surface area (Å²) < 4.78 is 7.00. The lowest BCUT2D eigenvalue weighted by Gasteiger charge is -2.38. The highest BCUT2D eigenvalue weighted by atomic mass is 16.5. The summed E-state index contributed by atoms with van der Waals surface area (Å²) >= 11 is 0. The van der Waals surface area contributed by atoms with Gasteiger partial charge in [-0.15, -0.1) is 0 Å². The average molecular weight is 295 g/mol. The summed E-state index contributed by atoms with van der Waals surface area (Å²) in [5.41, 5.74) is 0.706. The Morgan fingerprint density at radius 3 is 2.76 bits per heavy atom. The van der Waals surface area contributed by atoms with Gasteiger partial charge in [0.05, 0.1) is 12.2 Å². The van der Waals surface area contributed by atoms with Crippen molar-refractivity contribution in [3.05, 3.63) is 18.0 Å². The second-order valence-electron chi connectivity index (χ2n) is 5.14. The molecule has 1 saturated heterocycles. The number of carbonyl (C=O) groups excluding carboxylic acids is 1. The number of aromatic nitrogens is 2. The van der Waals surface area contributed by atoms with Gasteiger partial charge in [0, 0.05) is 24.8 Å². The van der Waals surface area contributed by atoms with Gasteiger partial charge in [0.1, 0.15) is 6.61 Å². The fraction of sp³-hybridized carbons (Fsp3) is 0.643. The third kappa shape index (κ3) is 3.24. The second kappa shape index (κ2) is 6.71. The Morgan fingerprint density at radius 2 is 2.14 bits per heavy atom. The molecule has 0 radical (unpaired) electrons. The number of amides is 1. The third-order valence-corrected chi connectivity index (χ3v) is 3.48. The predicted molar refractivity (Wildman–Crippen MR) is 74.6 cm³/mol. The van der Waals surface area contributed by atoms with Crippen LogP contribution < -0.4 is 0 Å². The highest BCUT2D eigenvalue weighted by molar-refractivity contribution is 5.82. The monoisotopic (exact) mass is 295 g/mol. The molecule has 1 fully saturated rings. The Labute approximate surface area is 123 Å². The van der Waals surface area contributed by atoms with Crippen LogP contribution in [0.3, 0.4) is 0 Å². The molecule has 0 spiro atoms. The SMILES string of the molecule is CCCN1C(=O)COC(C(=O)O)C1c1cnn(CCC)c1. The van der Waals surface area contributed by atoms with E-state index in [1.54, 1.807) is 22.0 Å². The second-order valence-corrected chi connectivity index (χ2v) is 5.14. The molecule has 1 aliphatic rings. The predicted octanol–water partition coefficient (Wildman–Crippen LogP) is 1.06. The molecule has 0 saturated carbocycles. The number of hydrogen-bond donors (Lipinski definition) is 1. The number of nitrogens with zero attached hydrogens (tertiary/aromatic N) is 3. The number of carbonyl (C=O) groups is 2. The van der Waals surface area contributed by atoms with Crippen LogP contribution in [0.25, 0.3) is 0 Å². The van der Waals surface area contributed by atoms with Crippen molar-refractivity contribution in [2.24, 2.45) is 0 Å². The first-order valence-corrected chi connectivity index (χ1v) is 7.24. The molecule has 0 aromatic carbocycles. The summed E-state index contributed by atoms with van der Waals surface area (Å²) in [6.07, 6.45) is 4.07. The van der Waals surface area contributed by atoms with Crippen molar-refractivity contribution in [2.45, 2.75) is 45.4 Å². The van der Waals surface area contributed by atoms with Gasteiger partial charge < -0.3 is 14.7 Å². The van der Waals surface area contributed by atoms with E-state index in [-0.39, 0.29) is 12.5 Å². The van der Waals surface area contributed by atoms with E-state index in [0.717, 1.165) is 19.4 Å². The maximum atomic E-state index is 12.0. The highest BCUT2D eigenvalue weighted by Gasteiger charge is 2.42. The Morgan fingerprint density at radius 1 is 1.43 bits per heavy atom. The summed E-state index contributed by atoms with van der Waals surface area (Å²) in [5.74, 6) is -1.24. The van der Waals surface area contributed by atoms with Gasteiger partial charge in [-0.25, -0.2) is 4.79 Å². The molecule has 2 rings (SSSR count). The van der Waals surface area contributed by atoms with E-state index in [1.807, 2.05) is 13.8 Å². The molecule has 1 aliphatic heterocycles. The fourth-order valence-electron chi connectivity index (χ4n) is 2.60. The lowest BCUT2D eigenvalue weighted by atomic mass is 10.0. The van der Waals surface area contributed by atoms with E-state index in [4.69, 9.17) is 4.74 Å². The number of ether oxygens (including phenoxy) is 1. The van der Waals surface area contributed by atoms with Gasteiger partial charge in [-0.2, -0.15) is 5.10 Å². The Kier molecular flexibility index (Phi) is 4.95. The lowest BCUT2D eigenvalue weighted by molar-refractivity contribution is -0.173. The van der Waals surface area contributed by atoms with Crippen LogP contribution in [0.2, 0.25) is 0 Å². The van der Waals surface area contributed by atoms with Crippen LogP contribution in [0, 0.1) is 0 Å². The molecular weight excluding hydrogens is 274 g/mol. The van der Waals surface area contributed by atoms with Crippen LogP contribution in [0.1, 0.15) is 38.3 Å². The van der Waals surface area contributed by atoms with E-state index in [2.05, 4.69) is 5.10 Å². The van der Waals surface area contributed by atoms with Crippen LogP contribution in [0.5, 0.6) is 0 Å². The molecule has 2 atom stereocenters. The molecule has 1 amide bonds. The highest BCUT2D eigenvalue weighted by Crippen LogP contribution is 2.30.